The van der Waals surface area contributed by atoms with Crippen LogP contribution < -0.4 is 10.1 Å². The van der Waals surface area contributed by atoms with Crippen LogP contribution in [0.2, 0.25) is 0 Å². The van der Waals surface area contributed by atoms with Crippen LogP contribution in [0.4, 0.5) is 5.69 Å². The summed E-state index contributed by atoms with van der Waals surface area (Å²) in [6, 6.07) is 18.1. The van der Waals surface area contributed by atoms with E-state index in [1.54, 1.807) is 47.0 Å². The van der Waals surface area contributed by atoms with Crippen molar-refractivity contribution in [3.05, 3.63) is 72.1 Å². The van der Waals surface area contributed by atoms with E-state index in [0.29, 0.717) is 24.3 Å². The van der Waals surface area contributed by atoms with Gasteiger partial charge < -0.3 is 15.0 Å². The van der Waals surface area contributed by atoms with Crippen LogP contribution >= 0.6 is 0 Å². The quantitative estimate of drug-likeness (QED) is 0.707. The summed E-state index contributed by atoms with van der Waals surface area (Å²) in [5.74, 6) is 0.306. The Balaban J connectivity index is 1.50. The first-order valence-corrected chi connectivity index (χ1v) is 9.95. The number of ether oxygens (including phenoxy) is 1. The first-order chi connectivity index (χ1) is 14.6. The zero-order valence-corrected chi connectivity index (χ0v) is 17.0. The molecule has 2 heterocycles. The minimum Gasteiger partial charge on any atom is -0.497 e. The number of benzene rings is 2. The molecule has 2 amide bonds. The van der Waals surface area contributed by atoms with E-state index in [1.807, 2.05) is 37.3 Å². The average molecular weight is 404 g/mol. The topological polar surface area (TPSA) is 76.5 Å². The summed E-state index contributed by atoms with van der Waals surface area (Å²) >= 11 is 0. The van der Waals surface area contributed by atoms with Crippen LogP contribution in [0.5, 0.6) is 5.75 Å². The van der Waals surface area contributed by atoms with E-state index in [9.17, 15) is 9.59 Å². The first kappa shape index (κ1) is 19.7. The van der Waals surface area contributed by atoms with Crippen LogP contribution in [0, 0.1) is 6.92 Å². The van der Waals surface area contributed by atoms with Gasteiger partial charge in [-0.2, -0.15) is 5.10 Å². The Morgan fingerprint density at radius 1 is 1.10 bits per heavy atom. The van der Waals surface area contributed by atoms with E-state index in [2.05, 4.69) is 10.4 Å². The molecule has 0 radical (unpaired) electrons. The van der Waals surface area contributed by atoms with E-state index in [1.165, 1.54) is 0 Å². The predicted octanol–water partition coefficient (Wildman–Crippen LogP) is 3.43. The summed E-state index contributed by atoms with van der Waals surface area (Å²) in [5.41, 5.74) is 2.78. The number of methoxy groups -OCH3 is 1. The number of hydrogen-bond donors (Lipinski definition) is 1. The number of rotatable bonds is 5. The molecule has 0 spiro atoms. The van der Waals surface area contributed by atoms with E-state index >= 15 is 0 Å². The number of carbonyl (C=O) groups is 2. The normalized spacial score (nSPS) is 15.8. The molecule has 1 unspecified atom stereocenters. The van der Waals surface area contributed by atoms with Gasteiger partial charge in [-0.1, -0.05) is 18.2 Å². The molecule has 1 aliphatic heterocycles. The van der Waals surface area contributed by atoms with Crippen LogP contribution in [0.1, 0.15) is 29.0 Å². The van der Waals surface area contributed by atoms with E-state index in [4.69, 9.17) is 4.74 Å². The molecule has 2 aromatic carbocycles. The number of anilines is 1. The van der Waals surface area contributed by atoms with Crippen molar-refractivity contribution in [3.63, 3.8) is 0 Å². The fourth-order valence-electron chi connectivity index (χ4n) is 3.74. The molecule has 7 nitrogen and oxygen atoms in total. The highest BCUT2D eigenvalue weighted by atomic mass is 16.5. The number of hydrogen-bond acceptors (Lipinski definition) is 4. The Hall–Kier alpha value is -3.61. The largest absolute Gasteiger partial charge is 0.497 e. The summed E-state index contributed by atoms with van der Waals surface area (Å²) in [6.45, 7) is 2.45. The summed E-state index contributed by atoms with van der Waals surface area (Å²) in [4.78, 5) is 27.6. The molecule has 3 aromatic rings. The van der Waals surface area contributed by atoms with Gasteiger partial charge in [-0.05, 0) is 62.2 Å². The van der Waals surface area contributed by atoms with Crippen molar-refractivity contribution in [2.24, 2.45) is 0 Å². The minimum absolute atomic E-state index is 0.190. The number of likely N-dealkylation sites (tertiary alicyclic amines) is 1. The third-order valence-corrected chi connectivity index (χ3v) is 5.28. The monoisotopic (exact) mass is 404 g/mol. The van der Waals surface area contributed by atoms with Crippen molar-refractivity contribution >= 4 is 17.5 Å². The Kier molecular flexibility index (Phi) is 5.52. The van der Waals surface area contributed by atoms with E-state index in [0.717, 1.165) is 23.6 Å². The highest BCUT2D eigenvalue weighted by molar-refractivity contribution is 6.00. The number of aryl methyl sites for hydroxylation is 1. The lowest BCUT2D eigenvalue weighted by molar-refractivity contribution is -0.119. The maximum atomic E-state index is 13.1. The van der Waals surface area contributed by atoms with Crippen molar-refractivity contribution < 1.29 is 14.3 Å². The minimum atomic E-state index is -0.512. The van der Waals surface area contributed by atoms with Crippen molar-refractivity contribution in [1.82, 2.24) is 14.7 Å². The van der Waals surface area contributed by atoms with Crippen molar-refractivity contribution in [3.8, 4) is 11.4 Å². The second kappa shape index (κ2) is 8.41. The van der Waals surface area contributed by atoms with Crippen LogP contribution in [0.3, 0.4) is 0 Å². The van der Waals surface area contributed by atoms with Gasteiger partial charge in [0, 0.05) is 17.9 Å². The summed E-state index contributed by atoms with van der Waals surface area (Å²) < 4.78 is 6.89. The molecule has 1 aliphatic rings. The Morgan fingerprint density at radius 2 is 1.83 bits per heavy atom. The molecule has 4 rings (SSSR count). The molecule has 1 aromatic heterocycles. The third-order valence-electron chi connectivity index (χ3n) is 5.28. The molecule has 0 bridgehead atoms. The van der Waals surface area contributed by atoms with Gasteiger partial charge in [0.15, 0.2) is 5.69 Å². The molecule has 0 aliphatic carbocycles. The second-order valence-corrected chi connectivity index (χ2v) is 7.29. The molecule has 0 saturated carbocycles. The second-order valence-electron chi connectivity index (χ2n) is 7.29. The highest BCUT2D eigenvalue weighted by Gasteiger charge is 2.35. The lowest BCUT2D eigenvalue weighted by Crippen LogP contribution is -2.43. The number of amides is 2. The van der Waals surface area contributed by atoms with Gasteiger partial charge in [0.25, 0.3) is 5.91 Å². The zero-order valence-electron chi connectivity index (χ0n) is 17.0. The number of aromatic nitrogens is 2. The van der Waals surface area contributed by atoms with Crippen molar-refractivity contribution in [1.29, 1.82) is 0 Å². The van der Waals surface area contributed by atoms with Gasteiger partial charge in [-0.3, -0.25) is 9.59 Å². The molecule has 30 heavy (non-hydrogen) atoms. The van der Waals surface area contributed by atoms with E-state index in [-0.39, 0.29) is 11.8 Å². The number of para-hydroxylation sites is 1. The molecule has 1 saturated heterocycles. The molecular weight excluding hydrogens is 380 g/mol. The van der Waals surface area contributed by atoms with Crippen molar-refractivity contribution in [2.75, 3.05) is 19.0 Å². The van der Waals surface area contributed by atoms with Gasteiger partial charge in [-0.15, -0.1) is 0 Å². The Morgan fingerprint density at radius 3 is 2.53 bits per heavy atom. The Bertz CT molecular complexity index is 1040. The summed E-state index contributed by atoms with van der Waals surface area (Å²) in [5, 5.41) is 7.40. The molecule has 7 heteroatoms. The van der Waals surface area contributed by atoms with Gasteiger partial charge in [0.2, 0.25) is 5.91 Å². The van der Waals surface area contributed by atoms with E-state index < -0.39 is 6.04 Å². The predicted molar refractivity (Wildman–Crippen MR) is 114 cm³/mol. The van der Waals surface area contributed by atoms with Crippen LogP contribution in [-0.4, -0.2) is 46.2 Å². The van der Waals surface area contributed by atoms with Gasteiger partial charge in [0.1, 0.15) is 11.8 Å². The maximum absolute atomic E-state index is 13.1. The third kappa shape index (κ3) is 3.91. The lowest BCUT2D eigenvalue weighted by Gasteiger charge is -2.23. The average Bonchev–Trinajstić information content (AvgIpc) is 3.41. The van der Waals surface area contributed by atoms with Crippen LogP contribution in [-0.2, 0) is 4.79 Å². The van der Waals surface area contributed by atoms with Gasteiger partial charge in [0.05, 0.1) is 12.8 Å². The molecule has 154 valence electrons. The number of nitrogens with one attached hydrogen (secondary N) is 1. The SMILES string of the molecule is COc1ccc(NC(=O)C2CCCN2C(=O)c2cc(C)n(-c3ccccc3)n2)cc1. The fraction of sp³-hybridized carbons (Fsp3) is 0.261. The fourth-order valence-corrected chi connectivity index (χ4v) is 3.74. The molecular formula is C23H24N4O3. The molecule has 1 fully saturated rings. The van der Waals surface area contributed by atoms with Crippen LogP contribution in [0.15, 0.2) is 60.7 Å². The number of nitrogens with zero attached hydrogens (tertiary/aromatic N) is 3. The highest BCUT2D eigenvalue weighted by Crippen LogP contribution is 2.23. The molecule has 1 N–H and O–H groups in total. The van der Waals surface area contributed by atoms with Gasteiger partial charge >= 0.3 is 0 Å². The van der Waals surface area contributed by atoms with Crippen LogP contribution in [0.25, 0.3) is 5.69 Å². The van der Waals surface area contributed by atoms with Crippen molar-refractivity contribution in [2.45, 2.75) is 25.8 Å². The molecule has 1 atom stereocenters. The smallest absolute Gasteiger partial charge is 0.275 e. The Labute approximate surface area is 175 Å². The maximum Gasteiger partial charge on any atom is 0.275 e. The standard InChI is InChI=1S/C23H24N4O3/c1-16-15-20(25-27(16)18-7-4-3-5-8-18)23(29)26-14-6-9-21(26)22(28)24-17-10-12-19(30-2)13-11-17/h3-5,7-8,10-13,15,21H,6,9,14H2,1-2H3,(H,24,28). The summed E-state index contributed by atoms with van der Waals surface area (Å²) in [6.07, 6.45) is 1.41. The lowest BCUT2D eigenvalue weighted by atomic mass is 10.2. The number of carbonyl (C=O) groups excluding carboxylic acids is 2. The zero-order chi connectivity index (χ0) is 21.1. The van der Waals surface area contributed by atoms with Gasteiger partial charge in [-0.25, -0.2) is 4.68 Å². The summed E-state index contributed by atoms with van der Waals surface area (Å²) in [7, 11) is 1.59. The first-order valence-electron chi connectivity index (χ1n) is 9.95.